The van der Waals surface area contributed by atoms with Gasteiger partial charge in [-0.3, -0.25) is 0 Å². The SMILES string of the molecule is COCCCCCn1nnnc1-c1ccc(N)c(OC)c1. The van der Waals surface area contributed by atoms with E-state index in [1.54, 1.807) is 25.0 Å². The molecule has 2 N–H and O–H groups in total. The Bertz CT molecular complexity index is 570. The van der Waals surface area contributed by atoms with Crippen LogP contribution < -0.4 is 10.5 Å². The maximum Gasteiger partial charge on any atom is 0.182 e. The highest BCUT2D eigenvalue weighted by Gasteiger charge is 2.11. The summed E-state index contributed by atoms with van der Waals surface area (Å²) in [6.45, 7) is 1.57. The molecule has 0 saturated heterocycles. The molecule has 1 heterocycles. The fourth-order valence-corrected chi connectivity index (χ4v) is 2.10. The Kier molecular flexibility index (Phi) is 5.51. The van der Waals surface area contributed by atoms with Crippen molar-refractivity contribution in [3.63, 3.8) is 0 Å². The minimum absolute atomic E-state index is 0.597. The molecule has 0 bridgehead atoms. The fraction of sp³-hybridized carbons (Fsp3) is 0.500. The van der Waals surface area contributed by atoms with E-state index in [9.17, 15) is 0 Å². The summed E-state index contributed by atoms with van der Waals surface area (Å²) in [6, 6.07) is 5.54. The Morgan fingerprint density at radius 1 is 1.19 bits per heavy atom. The summed E-state index contributed by atoms with van der Waals surface area (Å²) in [4.78, 5) is 0. The summed E-state index contributed by atoms with van der Waals surface area (Å²) in [5, 5.41) is 11.9. The predicted molar refractivity (Wildman–Crippen MR) is 79.9 cm³/mol. The third-order valence-corrected chi connectivity index (χ3v) is 3.24. The number of anilines is 1. The molecule has 0 saturated carbocycles. The van der Waals surface area contributed by atoms with Gasteiger partial charge in [0, 0.05) is 25.8 Å². The lowest BCUT2D eigenvalue weighted by Crippen LogP contribution is -2.04. The lowest BCUT2D eigenvalue weighted by atomic mass is 10.1. The van der Waals surface area contributed by atoms with Crippen molar-refractivity contribution in [2.45, 2.75) is 25.8 Å². The zero-order valence-electron chi connectivity index (χ0n) is 12.5. The van der Waals surface area contributed by atoms with Crippen LogP contribution >= 0.6 is 0 Å². The molecule has 0 radical (unpaired) electrons. The van der Waals surface area contributed by atoms with Gasteiger partial charge in [0.2, 0.25) is 0 Å². The molecule has 2 rings (SSSR count). The van der Waals surface area contributed by atoms with Crippen LogP contribution in [-0.2, 0) is 11.3 Å². The molecule has 0 aliphatic heterocycles. The summed E-state index contributed by atoms with van der Waals surface area (Å²) in [5.74, 6) is 1.35. The Hall–Kier alpha value is -2.15. The second kappa shape index (κ2) is 7.58. The molecule has 114 valence electrons. The lowest BCUT2D eigenvalue weighted by molar-refractivity contribution is 0.191. The number of rotatable bonds is 8. The zero-order chi connectivity index (χ0) is 15.1. The van der Waals surface area contributed by atoms with Crippen molar-refractivity contribution < 1.29 is 9.47 Å². The van der Waals surface area contributed by atoms with Gasteiger partial charge < -0.3 is 15.2 Å². The molecule has 0 unspecified atom stereocenters. The zero-order valence-corrected chi connectivity index (χ0v) is 12.5. The number of benzene rings is 1. The molecule has 21 heavy (non-hydrogen) atoms. The second-order valence-corrected chi connectivity index (χ2v) is 4.74. The van der Waals surface area contributed by atoms with E-state index in [0.29, 0.717) is 11.4 Å². The first-order valence-electron chi connectivity index (χ1n) is 6.95. The van der Waals surface area contributed by atoms with Gasteiger partial charge in [0.15, 0.2) is 5.82 Å². The number of aromatic nitrogens is 4. The predicted octanol–water partition coefficient (Wildman–Crippen LogP) is 1.75. The summed E-state index contributed by atoms with van der Waals surface area (Å²) in [5.41, 5.74) is 7.31. The summed E-state index contributed by atoms with van der Waals surface area (Å²) in [7, 11) is 3.31. The minimum atomic E-state index is 0.597. The molecule has 0 amide bonds. The first-order valence-corrected chi connectivity index (χ1v) is 6.95. The normalized spacial score (nSPS) is 10.8. The second-order valence-electron chi connectivity index (χ2n) is 4.74. The number of hydrogen-bond acceptors (Lipinski definition) is 6. The Morgan fingerprint density at radius 3 is 2.81 bits per heavy atom. The molecule has 1 aromatic heterocycles. The third-order valence-electron chi connectivity index (χ3n) is 3.24. The number of ether oxygens (including phenoxy) is 2. The van der Waals surface area contributed by atoms with Crippen LogP contribution in [0.3, 0.4) is 0 Å². The van der Waals surface area contributed by atoms with Crippen molar-refractivity contribution in [1.82, 2.24) is 20.2 Å². The average molecular weight is 291 g/mol. The molecule has 0 aliphatic rings. The fourth-order valence-electron chi connectivity index (χ4n) is 2.10. The molecule has 0 fully saturated rings. The van der Waals surface area contributed by atoms with Crippen LogP contribution in [0.2, 0.25) is 0 Å². The summed E-state index contributed by atoms with van der Waals surface area (Å²) in [6.07, 6.45) is 3.13. The highest BCUT2D eigenvalue weighted by molar-refractivity contribution is 5.65. The number of hydrogen-bond donors (Lipinski definition) is 1. The molecule has 0 spiro atoms. The molecule has 7 nitrogen and oxygen atoms in total. The first-order chi connectivity index (χ1) is 10.3. The maximum atomic E-state index is 5.82. The van der Waals surface area contributed by atoms with Gasteiger partial charge >= 0.3 is 0 Å². The van der Waals surface area contributed by atoms with Gasteiger partial charge in [-0.1, -0.05) is 0 Å². The van der Waals surface area contributed by atoms with Gasteiger partial charge in [-0.2, -0.15) is 0 Å². The molecule has 1 aromatic carbocycles. The van der Waals surface area contributed by atoms with E-state index >= 15 is 0 Å². The van der Waals surface area contributed by atoms with E-state index < -0.39 is 0 Å². The van der Waals surface area contributed by atoms with E-state index in [1.165, 1.54) is 0 Å². The lowest BCUT2D eigenvalue weighted by Gasteiger charge is -2.08. The molecular formula is C14H21N5O2. The number of aryl methyl sites for hydroxylation is 1. The average Bonchev–Trinajstić information content (AvgIpc) is 2.96. The topological polar surface area (TPSA) is 88.1 Å². The third kappa shape index (κ3) is 3.91. The molecule has 2 aromatic rings. The van der Waals surface area contributed by atoms with Crippen molar-refractivity contribution in [1.29, 1.82) is 0 Å². The van der Waals surface area contributed by atoms with Crippen molar-refractivity contribution in [2.75, 3.05) is 26.6 Å². The summed E-state index contributed by atoms with van der Waals surface area (Å²) < 4.78 is 12.1. The van der Waals surface area contributed by atoms with E-state index in [1.807, 2.05) is 12.1 Å². The molecule has 7 heteroatoms. The standard InChI is InChI=1S/C14H21N5O2/c1-20-9-5-3-4-8-19-14(16-17-18-19)11-6-7-12(15)13(10-11)21-2/h6-7,10H,3-5,8-9,15H2,1-2H3. The Labute approximate surface area is 124 Å². The molecule has 0 atom stereocenters. The van der Waals surface area contributed by atoms with Crippen LogP contribution in [0.15, 0.2) is 18.2 Å². The highest BCUT2D eigenvalue weighted by atomic mass is 16.5. The number of unbranched alkanes of at least 4 members (excludes halogenated alkanes) is 2. The van der Waals surface area contributed by atoms with Gasteiger partial charge in [-0.25, -0.2) is 4.68 Å². The number of tetrazole rings is 1. The summed E-state index contributed by atoms with van der Waals surface area (Å²) >= 11 is 0. The van der Waals surface area contributed by atoms with Crippen LogP contribution in [0.5, 0.6) is 5.75 Å². The van der Waals surface area contributed by atoms with E-state index in [0.717, 1.165) is 43.8 Å². The van der Waals surface area contributed by atoms with Crippen LogP contribution in [0.4, 0.5) is 5.69 Å². The minimum Gasteiger partial charge on any atom is -0.495 e. The number of methoxy groups -OCH3 is 2. The molecular weight excluding hydrogens is 270 g/mol. The van der Waals surface area contributed by atoms with Gasteiger partial charge in [0.25, 0.3) is 0 Å². The largest absolute Gasteiger partial charge is 0.495 e. The van der Waals surface area contributed by atoms with Crippen molar-refractivity contribution in [3.8, 4) is 17.1 Å². The Balaban J connectivity index is 2.05. The van der Waals surface area contributed by atoms with Gasteiger partial charge in [0.1, 0.15) is 5.75 Å². The number of nitrogens with zero attached hydrogens (tertiary/aromatic N) is 4. The first kappa shape index (κ1) is 15.2. The Morgan fingerprint density at radius 2 is 2.05 bits per heavy atom. The van der Waals surface area contributed by atoms with E-state index in [-0.39, 0.29) is 0 Å². The van der Waals surface area contributed by atoms with Gasteiger partial charge in [-0.15, -0.1) is 5.10 Å². The van der Waals surface area contributed by atoms with Crippen molar-refractivity contribution >= 4 is 5.69 Å². The van der Waals surface area contributed by atoms with Crippen LogP contribution in [-0.4, -0.2) is 41.0 Å². The van der Waals surface area contributed by atoms with E-state index in [4.69, 9.17) is 15.2 Å². The highest BCUT2D eigenvalue weighted by Crippen LogP contribution is 2.27. The van der Waals surface area contributed by atoms with E-state index in [2.05, 4.69) is 15.5 Å². The van der Waals surface area contributed by atoms with Crippen LogP contribution in [0.25, 0.3) is 11.4 Å². The molecule has 0 aliphatic carbocycles. The maximum absolute atomic E-state index is 5.82. The van der Waals surface area contributed by atoms with Gasteiger partial charge in [-0.05, 0) is 47.9 Å². The van der Waals surface area contributed by atoms with Gasteiger partial charge in [0.05, 0.1) is 12.8 Å². The van der Waals surface area contributed by atoms with Crippen LogP contribution in [0.1, 0.15) is 19.3 Å². The number of nitrogens with two attached hydrogens (primary N) is 1. The number of nitrogen functional groups attached to an aromatic ring is 1. The van der Waals surface area contributed by atoms with Crippen molar-refractivity contribution in [2.24, 2.45) is 0 Å². The quantitative estimate of drug-likeness (QED) is 0.589. The monoisotopic (exact) mass is 291 g/mol. The van der Waals surface area contributed by atoms with Crippen LogP contribution in [0, 0.1) is 0 Å². The van der Waals surface area contributed by atoms with Crippen molar-refractivity contribution in [3.05, 3.63) is 18.2 Å². The smallest absolute Gasteiger partial charge is 0.182 e.